The highest BCUT2D eigenvalue weighted by atomic mass is 16.5. The summed E-state index contributed by atoms with van der Waals surface area (Å²) in [7, 11) is 0. The lowest BCUT2D eigenvalue weighted by Gasteiger charge is -2.35. The van der Waals surface area contributed by atoms with Gasteiger partial charge >= 0.3 is 0 Å². The number of ether oxygens (including phenoxy) is 1. The van der Waals surface area contributed by atoms with Crippen molar-refractivity contribution < 1.29 is 14.3 Å². The summed E-state index contributed by atoms with van der Waals surface area (Å²) in [5, 5.41) is 2.93. The van der Waals surface area contributed by atoms with Gasteiger partial charge in [-0.3, -0.25) is 9.59 Å². The monoisotopic (exact) mass is 350 g/mol. The molecule has 0 saturated carbocycles. The molecule has 2 heterocycles. The van der Waals surface area contributed by atoms with Crippen molar-refractivity contribution in [2.45, 2.75) is 32.6 Å². The molecule has 0 aromatic heterocycles. The highest BCUT2D eigenvalue weighted by Crippen LogP contribution is 2.37. The Morgan fingerprint density at radius 2 is 1.85 bits per heavy atom. The highest BCUT2D eigenvalue weighted by molar-refractivity contribution is 5.99. The van der Waals surface area contributed by atoms with Gasteiger partial charge in [0.2, 0.25) is 5.91 Å². The Labute approximate surface area is 153 Å². The van der Waals surface area contributed by atoms with E-state index in [4.69, 9.17) is 4.74 Å². The minimum atomic E-state index is -0.183. The number of benzene rings is 2. The van der Waals surface area contributed by atoms with Crippen molar-refractivity contribution in [3.05, 3.63) is 53.1 Å². The second-order valence-electron chi connectivity index (χ2n) is 6.94. The summed E-state index contributed by atoms with van der Waals surface area (Å²) in [5.41, 5.74) is 5.30. The number of amides is 2. The molecule has 0 saturated heterocycles. The fourth-order valence-corrected chi connectivity index (χ4v) is 3.71. The molecule has 0 spiro atoms. The summed E-state index contributed by atoms with van der Waals surface area (Å²) < 4.78 is 5.54. The van der Waals surface area contributed by atoms with Crippen LogP contribution in [0.2, 0.25) is 0 Å². The van der Waals surface area contributed by atoms with Crippen molar-refractivity contribution in [2.24, 2.45) is 0 Å². The van der Waals surface area contributed by atoms with Crippen LogP contribution in [0.4, 0.5) is 11.4 Å². The summed E-state index contributed by atoms with van der Waals surface area (Å²) >= 11 is 0. The Morgan fingerprint density at radius 1 is 1.12 bits per heavy atom. The molecule has 5 heteroatoms. The maximum atomic E-state index is 12.3. The molecule has 2 aliphatic rings. The lowest BCUT2D eigenvalue weighted by molar-refractivity contribution is -0.119. The zero-order chi connectivity index (χ0) is 18.1. The van der Waals surface area contributed by atoms with Crippen molar-refractivity contribution >= 4 is 23.2 Å². The highest BCUT2D eigenvalue weighted by Gasteiger charge is 2.29. The number of hydrogen-bond donors (Lipinski definition) is 1. The van der Waals surface area contributed by atoms with E-state index in [2.05, 4.69) is 5.32 Å². The molecule has 0 atom stereocenters. The zero-order valence-electron chi connectivity index (χ0n) is 14.9. The van der Waals surface area contributed by atoms with Gasteiger partial charge in [-0.2, -0.15) is 0 Å². The molecule has 2 aromatic rings. The Bertz CT molecular complexity index is 841. The van der Waals surface area contributed by atoms with E-state index in [9.17, 15) is 9.59 Å². The normalized spacial score (nSPS) is 15.4. The average Bonchev–Trinajstić information content (AvgIpc) is 2.64. The lowest BCUT2D eigenvalue weighted by atomic mass is 9.91. The Kier molecular flexibility index (Phi) is 4.37. The van der Waals surface area contributed by atoms with Gasteiger partial charge < -0.3 is 15.0 Å². The van der Waals surface area contributed by atoms with Crippen LogP contribution in [0, 0.1) is 6.92 Å². The molecule has 5 nitrogen and oxygen atoms in total. The maximum absolute atomic E-state index is 12.3. The van der Waals surface area contributed by atoms with E-state index in [0.717, 1.165) is 53.9 Å². The summed E-state index contributed by atoms with van der Waals surface area (Å²) in [5.74, 6) is 0.708. The largest absolute Gasteiger partial charge is 0.484 e. The number of nitrogens with one attached hydrogen (secondary N) is 1. The van der Waals surface area contributed by atoms with Crippen LogP contribution in [-0.2, 0) is 22.4 Å². The fourth-order valence-electron chi connectivity index (χ4n) is 3.71. The number of rotatable bonds is 4. The van der Waals surface area contributed by atoms with E-state index in [0.29, 0.717) is 12.2 Å². The van der Waals surface area contributed by atoms with Gasteiger partial charge in [0.15, 0.2) is 6.61 Å². The van der Waals surface area contributed by atoms with Gasteiger partial charge in [0.05, 0.1) is 5.69 Å². The van der Waals surface area contributed by atoms with Crippen molar-refractivity contribution in [1.29, 1.82) is 0 Å². The molecule has 1 N–H and O–H groups in total. The van der Waals surface area contributed by atoms with Crippen molar-refractivity contribution in [1.82, 2.24) is 0 Å². The van der Waals surface area contributed by atoms with Gasteiger partial charge in [0, 0.05) is 18.7 Å². The van der Waals surface area contributed by atoms with Crippen LogP contribution in [-0.4, -0.2) is 25.0 Å². The molecule has 2 amide bonds. The fraction of sp³-hybridized carbons (Fsp3) is 0.333. The Balaban J connectivity index is 1.46. The molecule has 0 fully saturated rings. The summed E-state index contributed by atoms with van der Waals surface area (Å²) in [6.07, 6.45) is 3.18. The third-order valence-corrected chi connectivity index (χ3v) is 4.95. The van der Waals surface area contributed by atoms with E-state index in [1.165, 1.54) is 0 Å². The van der Waals surface area contributed by atoms with Gasteiger partial charge in [-0.1, -0.05) is 17.7 Å². The molecule has 134 valence electrons. The molecule has 0 unspecified atom stereocenters. The Hall–Kier alpha value is -2.82. The second kappa shape index (κ2) is 6.83. The van der Waals surface area contributed by atoms with Crippen LogP contribution >= 0.6 is 0 Å². The van der Waals surface area contributed by atoms with Crippen molar-refractivity contribution in [2.75, 3.05) is 23.4 Å². The molecule has 0 bridgehead atoms. The van der Waals surface area contributed by atoms with E-state index in [-0.39, 0.29) is 18.4 Å². The molecular formula is C21H22N2O3. The average molecular weight is 350 g/mol. The van der Waals surface area contributed by atoms with E-state index in [1.54, 1.807) is 0 Å². The first kappa shape index (κ1) is 16.6. The zero-order valence-corrected chi connectivity index (χ0v) is 14.9. The second-order valence-corrected chi connectivity index (χ2v) is 6.94. The first-order valence-corrected chi connectivity index (χ1v) is 9.05. The number of carbonyl (C=O) groups is 2. The number of nitrogens with zero attached hydrogens (tertiary/aromatic N) is 1. The van der Waals surface area contributed by atoms with Crippen LogP contribution in [0.3, 0.4) is 0 Å². The van der Waals surface area contributed by atoms with E-state index < -0.39 is 0 Å². The van der Waals surface area contributed by atoms with E-state index >= 15 is 0 Å². The molecule has 4 rings (SSSR count). The topological polar surface area (TPSA) is 58.6 Å². The molecular weight excluding hydrogens is 328 g/mol. The van der Waals surface area contributed by atoms with Gasteiger partial charge in [-0.05, 0) is 61.6 Å². The standard InChI is InChI=1S/C21H22N2O3/c1-14-4-7-18(8-5-14)26-13-19(24)22-17-11-15-3-2-10-23-20(25)9-6-16(12-17)21(15)23/h4-5,7-8,11-12H,2-3,6,9-10,13H2,1H3,(H,22,24). The summed E-state index contributed by atoms with van der Waals surface area (Å²) in [4.78, 5) is 26.3. The summed E-state index contributed by atoms with van der Waals surface area (Å²) in [6, 6.07) is 11.6. The van der Waals surface area contributed by atoms with Crippen LogP contribution in [0.5, 0.6) is 5.75 Å². The minimum Gasteiger partial charge on any atom is -0.484 e. The molecule has 26 heavy (non-hydrogen) atoms. The van der Waals surface area contributed by atoms with Crippen LogP contribution in [0.15, 0.2) is 36.4 Å². The van der Waals surface area contributed by atoms with Crippen molar-refractivity contribution in [3.8, 4) is 5.75 Å². The predicted octanol–water partition coefficient (Wildman–Crippen LogP) is 3.24. The molecule has 0 radical (unpaired) electrons. The number of aryl methyl sites for hydroxylation is 3. The quantitative estimate of drug-likeness (QED) is 0.921. The molecule has 2 aromatic carbocycles. The van der Waals surface area contributed by atoms with Gasteiger partial charge in [0.25, 0.3) is 5.91 Å². The Morgan fingerprint density at radius 3 is 2.62 bits per heavy atom. The molecule has 0 aliphatic carbocycles. The van der Waals surface area contributed by atoms with Crippen LogP contribution in [0.25, 0.3) is 0 Å². The smallest absolute Gasteiger partial charge is 0.262 e. The minimum absolute atomic E-state index is 0.0277. The lowest BCUT2D eigenvalue weighted by Crippen LogP contribution is -2.39. The first-order chi connectivity index (χ1) is 12.6. The van der Waals surface area contributed by atoms with Crippen LogP contribution in [0.1, 0.15) is 29.5 Å². The number of hydrogen-bond acceptors (Lipinski definition) is 3. The molecule has 2 aliphatic heterocycles. The SMILES string of the molecule is Cc1ccc(OCC(=O)Nc2cc3c4c(c2)CCC(=O)N4CCC3)cc1. The third-order valence-electron chi connectivity index (χ3n) is 4.95. The third kappa shape index (κ3) is 3.29. The van der Waals surface area contributed by atoms with E-state index in [1.807, 2.05) is 48.2 Å². The first-order valence-electron chi connectivity index (χ1n) is 9.05. The van der Waals surface area contributed by atoms with Crippen LogP contribution < -0.4 is 15.0 Å². The summed E-state index contributed by atoms with van der Waals surface area (Å²) in [6.45, 7) is 2.78. The van der Waals surface area contributed by atoms with Crippen molar-refractivity contribution in [3.63, 3.8) is 0 Å². The number of anilines is 2. The van der Waals surface area contributed by atoms with Gasteiger partial charge in [0.1, 0.15) is 5.75 Å². The maximum Gasteiger partial charge on any atom is 0.262 e. The van der Waals surface area contributed by atoms with Gasteiger partial charge in [-0.15, -0.1) is 0 Å². The number of carbonyl (C=O) groups excluding carboxylic acids is 2. The predicted molar refractivity (Wildman–Crippen MR) is 101 cm³/mol. The van der Waals surface area contributed by atoms with Gasteiger partial charge in [-0.25, -0.2) is 0 Å².